The lowest BCUT2D eigenvalue weighted by Crippen LogP contribution is -2.44. The summed E-state index contributed by atoms with van der Waals surface area (Å²) < 4.78 is 42.1. The van der Waals surface area contributed by atoms with Crippen molar-refractivity contribution in [3.8, 4) is 5.75 Å². The summed E-state index contributed by atoms with van der Waals surface area (Å²) in [5.74, 6) is -1.24. The Morgan fingerprint density at radius 3 is 2.57 bits per heavy atom. The van der Waals surface area contributed by atoms with Crippen LogP contribution in [0, 0.1) is 0 Å². The molecule has 182 valence electrons. The second-order valence-corrected chi connectivity index (χ2v) is 8.57. The van der Waals surface area contributed by atoms with E-state index < -0.39 is 12.4 Å². The van der Waals surface area contributed by atoms with E-state index in [1.54, 1.807) is 24.3 Å². The molecule has 3 amide bonds. The highest BCUT2D eigenvalue weighted by Crippen LogP contribution is 2.35. The quantitative estimate of drug-likeness (QED) is 0.549. The number of imide groups is 1. The van der Waals surface area contributed by atoms with Crippen LogP contribution in [0.2, 0.25) is 0 Å². The largest absolute Gasteiger partial charge is 0.573 e. The van der Waals surface area contributed by atoms with Gasteiger partial charge >= 0.3 is 6.36 Å². The van der Waals surface area contributed by atoms with Crippen LogP contribution in [0.5, 0.6) is 5.75 Å². The number of aromatic amines is 1. The number of nitrogens with zero attached hydrogens (tertiary/aromatic N) is 2. The number of carbonyl (C=O) groups excluding carboxylic acids is 3. The number of rotatable bonds is 4. The first kappa shape index (κ1) is 22.9. The Bertz CT molecular complexity index is 1330. The van der Waals surface area contributed by atoms with Crippen molar-refractivity contribution < 1.29 is 32.3 Å². The average molecular weight is 486 g/mol. The number of halogens is 3. The van der Waals surface area contributed by atoms with Crippen molar-refractivity contribution in [3.05, 3.63) is 53.7 Å². The van der Waals surface area contributed by atoms with Gasteiger partial charge in [0, 0.05) is 48.7 Å². The minimum atomic E-state index is -4.80. The molecular weight excluding hydrogens is 465 g/mol. The van der Waals surface area contributed by atoms with Crippen LogP contribution in [0.25, 0.3) is 10.9 Å². The fraction of sp³-hybridized carbons (Fsp3) is 0.292. The summed E-state index contributed by atoms with van der Waals surface area (Å²) in [6, 6.07) is 9.88. The standard InChI is InChI=1S/C24H21F3N4O4/c1-13(32)28-14-2-4-15(5-3-14)31-22(33)11-21(23(31)34)30-9-8-20-18(12-30)17-10-16(35-24(25,26)27)6-7-19(17)29-20/h2-7,10,21,29H,8-9,11-12H2,1H3,(H,28,32)/t21-/m0/s1. The number of nitrogens with one attached hydrogen (secondary N) is 2. The molecule has 0 spiro atoms. The minimum absolute atomic E-state index is 0.00635. The first-order valence-corrected chi connectivity index (χ1v) is 11.0. The van der Waals surface area contributed by atoms with Crippen molar-refractivity contribution in [2.45, 2.75) is 38.7 Å². The summed E-state index contributed by atoms with van der Waals surface area (Å²) in [7, 11) is 0. The van der Waals surface area contributed by atoms with Crippen molar-refractivity contribution >= 4 is 40.0 Å². The third kappa shape index (κ3) is 4.46. The van der Waals surface area contributed by atoms with E-state index in [9.17, 15) is 27.6 Å². The van der Waals surface area contributed by atoms with Crippen LogP contribution in [0.15, 0.2) is 42.5 Å². The Morgan fingerprint density at radius 2 is 1.89 bits per heavy atom. The summed E-state index contributed by atoms with van der Waals surface area (Å²) in [6.07, 6.45) is -4.23. The number of fused-ring (bicyclic) bond motifs is 3. The highest BCUT2D eigenvalue weighted by atomic mass is 19.4. The molecule has 0 aliphatic carbocycles. The number of aromatic nitrogens is 1. The molecule has 2 aliphatic heterocycles. The maximum atomic E-state index is 13.2. The molecule has 1 aromatic heterocycles. The summed E-state index contributed by atoms with van der Waals surface area (Å²) in [4.78, 5) is 43.5. The van der Waals surface area contributed by atoms with Crippen molar-refractivity contribution in [3.63, 3.8) is 0 Å². The van der Waals surface area contributed by atoms with E-state index in [4.69, 9.17) is 0 Å². The molecule has 0 unspecified atom stereocenters. The molecule has 3 aromatic rings. The lowest BCUT2D eigenvalue weighted by Gasteiger charge is -2.31. The zero-order chi connectivity index (χ0) is 24.9. The maximum absolute atomic E-state index is 13.2. The van der Waals surface area contributed by atoms with E-state index in [0.717, 1.165) is 16.2 Å². The zero-order valence-electron chi connectivity index (χ0n) is 18.6. The Morgan fingerprint density at radius 1 is 1.14 bits per heavy atom. The van der Waals surface area contributed by atoms with Crippen LogP contribution in [0.1, 0.15) is 24.6 Å². The maximum Gasteiger partial charge on any atom is 0.573 e. The number of anilines is 2. The van der Waals surface area contributed by atoms with Crippen molar-refractivity contribution in [1.29, 1.82) is 0 Å². The molecule has 5 rings (SSSR count). The van der Waals surface area contributed by atoms with Crippen molar-refractivity contribution in [2.24, 2.45) is 0 Å². The van der Waals surface area contributed by atoms with Crippen LogP contribution >= 0.6 is 0 Å². The molecule has 1 saturated heterocycles. The van der Waals surface area contributed by atoms with Crippen LogP contribution in [-0.4, -0.2) is 46.6 Å². The molecule has 8 nitrogen and oxygen atoms in total. The summed E-state index contributed by atoms with van der Waals surface area (Å²) in [5.41, 5.74) is 3.32. The highest BCUT2D eigenvalue weighted by Gasteiger charge is 2.43. The lowest BCUT2D eigenvalue weighted by atomic mass is 10.0. The number of benzene rings is 2. The van der Waals surface area contributed by atoms with Gasteiger partial charge in [-0.3, -0.25) is 19.3 Å². The van der Waals surface area contributed by atoms with E-state index in [0.29, 0.717) is 41.8 Å². The number of ether oxygens (including phenoxy) is 1. The topological polar surface area (TPSA) is 94.7 Å². The van der Waals surface area contributed by atoms with Gasteiger partial charge in [0.05, 0.1) is 18.2 Å². The van der Waals surface area contributed by atoms with Gasteiger partial charge in [-0.05, 0) is 48.0 Å². The molecule has 11 heteroatoms. The van der Waals surface area contributed by atoms with Gasteiger partial charge in [-0.25, -0.2) is 4.90 Å². The van der Waals surface area contributed by atoms with Crippen LogP contribution in [0.4, 0.5) is 24.5 Å². The van der Waals surface area contributed by atoms with Crippen LogP contribution in [0.3, 0.4) is 0 Å². The van der Waals surface area contributed by atoms with Gasteiger partial charge in [-0.1, -0.05) is 0 Å². The van der Waals surface area contributed by atoms with Gasteiger partial charge in [0.15, 0.2) is 0 Å². The fourth-order valence-electron chi connectivity index (χ4n) is 4.75. The van der Waals surface area contributed by atoms with E-state index >= 15 is 0 Å². The molecule has 0 radical (unpaired) electrons. The van der Waals surface area contributed by atoms with E-state index in [1.807, 2.05) is 4.90 Å². The van der Waals surface area contributed by atoms with E-state index in [-0.39, 0.29) is 29.9 Å². The molecule has 0 bridgehead atoms. The molecule has 1 fully saturated rings. The Labute approximate surface area is 197 Å². The first-order valence-electron chi connectivity index (χ1n) is 11.0. The molecule has 2 aromatic carbocycles. The molecule has 2 aliphatic rings. The Kier molecular flexibility index (Phi) is 5.51. The summed E-state index contributed by atoms with van der Waals surface area (Å²) in [6.45, 7) is 2.21. The summed E-state index contributed by atoms with van der Waals surface area (Å²) in [5, 5.41) is 3.22. The van der Waals surface area contributed by atoms with Gasteiger partial charge in [-0.15, -0.1) is 13.2 Å². The number of H-pyrrole nitrogens is 1. The molecule has 3 heterocycles. The predicted octanol–water partition coefficient (Wildman–Crippen LogP) is 3.72. The molecule has 35 heavy (non-hydrogen) atoms. The van der Waals surface area contributed by atoms with Gasteiger partial charge in [0.25, 0.3) is 5.91 Å². The molecule has 1 atom stereocenters. The minimum Gasteiger partial charge on any atom is -0.406 e. The fourth-order valence-corrected chi connectivity index (χ4v) is 4.75. The number of alkyl halides is 3. The van der Waals surface area contributed by atoms with E-state index in [1.165, 1.54) is 25.1 Å². The van der Waals surface area contributed by atoms with Crippen LogP contribution < -0.4 is 15.0 Å². The third-order valence-corrected chi connectivity index (χ3v) is 6.22. The second kappa shape index (κ2) is 8.42. The van der Waals surface area contributed by atoms with Gasteiger partial charge < -0.3 is 15.0 Å². The van der Waals surface area contributed by atoms with Gasteiger partial charge in [-0.2, -0.15) is 0 Å². The van der Waals surface area contributed by atoms with E-state index in [2.05, 4.69) is 15.0 Å². The summed E-state index contributed by atoms with van der Waals surface area (Å²) >= 11 is 0. The van der Waals surface area contributed by atoms with Crippen molar-refractivity contribution in [2.75, 3.05) is 16.8 Å². The third-order valence-electron chi connectivity index (χ3n) is 6.22. The molecule has 2 N–H and O–H groups in total. The predicted molar refractivity (Wildman–Crippen MR) is 121 cm³/mol. The van der Waals surface area contributed by atoms with Crippen molar-refractivity contribution in [1.82, 2.24) is 9.88 Å². The normalized spacial score (nSPS) is 18.7. The van der Waals surface area contributed by atoms with Gasteiger partial charge in [0.1, 0.15) is 5.75 Å². The average Bonchev–Trinajstić information content (AvgIpc) is 3.29. The lowest BCUT2D eigenvalue weighted by molar-refractivity contribution is -0.274. The first-order chi connectivity index (χ1) is 16.6. The van der Waals surface area contributed by atoms with Gasteiger partial charge in [0.2, 0.25) is 11.8 Å². The SMILES string of the molecule is CC(=O)Nc1ccc(N2C(=O)C[C@H](N3CCc4[nH]c5ccc(OC(F)(F)F)cc5c4C3)C2=O)cc1. The smallest absolute Gasteiger partial charge is 0.406 e. The Hall–Kier alpha value is -3.86. The molecule has 0 saturated carbocycles. The number of amides is 3. The monoisotopic (exact) mass is 486 g/mol. The van der Waals surface area contributed by atoms with Crippen LogP contribution in [-0.2, 0) is 27.3 Å². The molecular formula is C24H21F3N4O4. The number of hydrogen-bond donors (Lipinski definition) is 2. The Balaban J connectivity index is 1.37. The highest BCUT2D eigenvalue weighted by molar-refractivity contribution is 6.22. The number of carbonyl (C=O) groups is 3. The second-order valence-electron chi connectivity index (χ2n) is 8.57. The zero-order valence-corrected chi connectivity index (χ0v) is 18.6. The number of hydrogen-bond acceptors (Lipinski definition) is 5.